The smallest absolute Gasteiger partial charge is 0.269 e. The van der Waals surface area contributed by atoms with Crippen molar-refractivity contribution in [3.63, 3.8) is 0 Å². The maximum atomic E-state index is 12.7. The Kier molecular flexibility index (Phi) is 3.64. The Hall–Kier alpha value is -1.95. The van der Waals surface area contributed by atoms with Gasteiger partial charge in [-0.2, -0.15) is 0 Å². The monoisotopic (exact) mass is 304 g/mol. The predicted molar refractivity (Wildman–Crippen MR) is 80.2 cm³/mol. The molecule has 1 aromatic carbocycles. The van der Waals surface area contributed by atoms with Crippen LogP contribution in [-0.4, -0.2) is 34.1 Å². The molecule has 0 saturated carbocycles. The molecular formula is C16H20N2O4. The van der Waals surface area contributed by atoms with Crippen LogP contribution in [0.2, 0.25) is 0 Å². The zero-order chi connectivity index (χ0) is 15.9. The van der Waals surface area contributed by atoms with Crippen molar-refractivity contribution < 1.29 is 14.5 Å². The first kappa shape index (κ1) is 15.0. The number of amides is 1. The molecule has 22 heavy (non-hydrogen) atoms. The number of benzene rings is 1. The van der Waals surface area contributed by atoms with Crippen LogP contribution in [0.5, 0.6) is 0 Å². The third kappa shape index (κ3) is 2.59. The molecule has 0 unspecified atom stereocenters. The SMILES string of the molecule is CC1(C)OC[C@@H]2CC[C@H](Cc3ccc([N+](=O)[O-])cc3)C(=O)N21. The Morgan fingerprint density at radius 1 is 1.32 bits per heavy atom. The number of ether oxygens (including phenoxy) is 1. The molecule has 2 saturated heterocycles. The molecule has 2 fully saturated rings. The highest BCUT2D eigenvalue weighted by atomic mass is 16.6. The molecule has 0 radical (unpaired) electrons. The molecule has 3 rings (SSSR count). The van der Waals surface area contributed by atoms with Gasteiger partial charge in [-0.3, -0.25) is 14.9 Å². The number of piperidine rings is 1. The van der Waals surface area contributed by atoms with Gasteiger partial charge in [0, 0.05) is 18.1 Å². The average molecular weight is 304 g/mol. The van der Waals surface area contributed by atoms with Crippen molar-refractivity contribution in [3.05, 3.63) is 39.9 Å². The fourth-order valence-electron chi connectivity index (χ4n) is 3.48. The van der Waals surface area contributed by atoms with Crippen LogP contribution in [0.25, 0.3) is 0 Å². The molecule has 0 spiro atoms. The molecule has 0 aromatic heterocycles. The molecule has 0 N–H and O–H groups in total. The van der Waals surface area contributed by atoms with E-state index >= 15 is 0 Å². The number of nitro benzene ring substituents is 1. The summed E-state index contributed by atoms with van der Waals surface area (Å²) in [5.41, 5.74) is 0.504. The van der Waals surface area contributed by atoms with Gasteiger partial charge in [0.25, 0.3) is 5.69 Å². The topological polar surface area (TPSA) is 72.7 Å². The number of rotatable bonds is 3. The number of non-ortho nitro benzene ring substituents is 1. The van der Waals surface area contributed by atoms with E-state index in [4.69, 9.17) is 4.74 Å². The number of carbonyl (C=O) groups is 1. The molecular weight excluding hydrogens is 284 g/mol. The number of hydrogen-bond acceptors (Lipinski definition) is 4. The zero-order valence-corrected chi connectivity index (χ0v) is 12.8. The predicted octanol–water partition coefficient (Wildman–Crippen LogP) is 2.51. The fraction of sp³-hybridized carbons (Fsp3) is 0.562. The van der Waals surface area contributed by atoms with Crippen LogP contribution < -0.4 is 0 Å². The van der Waals surface area contributed by atoms with Crippen molar-refractivity contribution in [2.24, 2.45) is 5.92 Å². The number of carbonyl (C=O) groups excluding carboxylic acids is 1. The molecule has 2 aliphatic heterocycles. The summed E-state index contributed by atoms with van der Waals surface area (Å²) in [7, 11) is 0. The molecule has 6 heteroatoms. The summed E-state index contributed by atoms with van der Waals surface area (Å²) >= 11 is 0. The Balaban J connectivity index is 1.73. The molecule has 2 atom stereocenters. The fourth-order valence-corrected chi connectivity index (χ4v) is 3.48. The lowest BCUT2D eigenvalue weighted by atomic mass is 9.87. The second kappa shape index (κ2) is 5.35. The molecule has 118 valence electrons. The van der Waals surface area contributed by atoms with E-state index in [1.165, 1.54) is 12.1 Å². The highest BCUT2D eigenvalue weighted by molar-refractivity contribution is 5.81. The molecule has 2 aliphatic rings. The molecule has 0 aliphatic carbocycles. The standard InChI is InChI=1S/C16H20N2O4/c1-16(2)17-14(10-22-16)8-5-12(15(17)19)9-11-3-6-13(7-4-11)18(20)21/h3-4,6-7,12,14H,5,8-10H2,1-2H3/t12-,14+/m1/s1. The normalized spacial score (nSPS) is 26.8. The lowest BCUT2D eigenvalue weighted by molar-refractivity contribution is -0.384. The van der Waals surface area contributed by atoms with E-state index in [-0.39, 0.29) is 23.6 Å². The number of nitro groups is 1. The van der Waals surface area contributed by atoms with Crippen LogP contribution >= 0.6 is 0 Å². The highest BCUT2D eigenvalue weighted by Gasteiger charge is 2.48. The van der Waals surface area contributed by atoms with E-state index in [2.05, 4.69) is 0 Å². The van der Waals surface area contributed by atoms with Crippen molar-refractivity contribution in [2.75, 3.05) is 6.61 Å². The summed E-state index contributed by atoms with van der Waals surface area (Å²) < 4.78 is 5.73. The van der Waals surface area contributed by atoms with Crippen LogP contribution in [0.3, 0.4) is 0 Å². The Labute approximate surface area is 129 Å². The van der Waals surface area contributed by atoms with Gasteiger partial charge in [-0.25, -0.2) is 0 Å². The van der Waals surface area contributed by atoms with E-state index in [0.29, 0.717) is 13.0 Å². The first-order chi connectivity index (χ1) is 10.4. The Bertz CT molecular complexity index is 597. The van der Waals surface area contributed by atoms with Crippen molar-refractivity contribution >= 4 is 11.6 Å². The van der Waals surface area contributed by atoms with Crippen molar-refractivity contribution in [3.8, 4) is 0 Å². The lowest BCUT2D eigenvalue weighted by Gasteiger charge is -2.40. The van der Waals surface area contributed by atoms with E-state index < -0.39 is 10.6 Å². The largest absolute Gasteiger partial charge is 0.354 e. The van der Waals surface area contributed by atoms with E-state index in [1.807, 2.05) is 18.7 Å². The van der Waals surface area contributed by atoms with Gasteiger partial charge in [-0.1, -0.05) is 12.1 Å². The molecule has 0 bridgehead atoms. The van der Waals surface area contributed by atoms with Crippen LogP contribution in [0, 0.1) is 16.0 Å². The van der Waals surface area contributed by atoms with Crippen LogP contribution in [0.4, 0.5) is 5.69 Å². The van der Waals surface area contributed by atoms with Crippen LogP contribution in [-0.2, 0) is 16.0 Å². The first-order valence-corrected chi connectivity index (χ1v) is 7.59. The summed E-state index contributed by atoms with van der Waals surface area (Å²) in [5.74, 6) is 0.0655. The van der Waals surface area contributed by atoms with Gasteiger partial charge in [0.05, 0.1) is 17.6 Å². The lowest BCUT2D eigenvalue weighted by Crippen LogP contribution is -2.53. The van der Waals surface area contributed by atoms with Gasteiger partial charge >= 0.3 is 0 Å². The Morgan fingerprint density at radius 2 is 2.00 bits per heavy atom. The van der Waals surface area contributed by atoms with Crippen molar-refractivity contribution in [1.29, 1.82) is 0 Å². The van der Waals surface area contributed by atoms with Crippen LogP contribution in [0.1, 0.15) is 32.3 Å². The number of hydrogen-bond donors (Lipinski definition) is 0. The minimum atomic E-state index is -0.532. The zero-order valence-electron chi connectivity index (χ0n) is 12.8. The summed E-state index contributed by atoms with van der Waals surface area (Å²) in [4.78, 5) is 24.9. The molecule has 2 heterocycles. The van der Waals surface area contributed by atoms with Gasteiger partial charge in [-0.05, 0) is 38.7 Å². The van der Waals surface area contributed by atoms with Gasteiger partial charge < -0.3 is 9.64 Å². The summed E-state index contributed by atoms with van der Waals surface area (Å²) in [6, 6.07) is 6.66. The van der Waals surface area contributed by atoms with Gasteiger partial charge in [0.2, 0.25) is 5.91 Å². The minimum absolute atomic E-state index is 0.0707. The van der Waals surface area contributed by atoms with Gasteiger partial charge in [-0.15, -0.1) is 0 Å². The van der Waals surface area contributed by atoms with Gasteiger partial charge in [0.15, 0.2) is 0 Å². The van der Waals surface area contributed by atoms with Crippen LogP contribution in [0.15, 0.2) is 24.3 Å². The second-order valence-corrected chi connectivity index (χ2v) is 6.52. The highest BCUT2D eigenvalue weighted by Crippen LogP contribution is 2.37. The first-order valence-electron chi connectivity index (χ1n) is 7.59. The maximum absolute atomic E-state index is 12.7. The van der Waals surface area contributed by atoms with E-state index in [1.54, 1.807) is 12.1 Å². The van der Waals surface area contributed by atoms with Gasteiger partial charge in [0.1, 0.15) is 5.72 Å². The second-order valence-electron chi connectivity index (χ2n) is 6.52. The van der Waals surface area contributed by atoms with E-state index in [9.17, 15) is 14.9 Å². The molecule has 6 nitrogen and oxygen atoms in total. The molecule has 1 amide bonds. The van der Waals surface area contributed by atoms with E-state index in [0.717, 1.165) is 18.4 Å². The summed E-state index contributed by atoms with van der Waals surface area (Å²) in [6.45, 7) is 4.47. The average Bonchev–Trinajstić information content (AvgIpc) is 2.78. The third-order valence-electron chi connectivity index (χ3n) is 4.64. The number of nitrogens with zero attached hydrogens (tertiary/aromatic N) is 2. The summed E-state index contributed by atoms with van der Waals surface area (Å²) in [6.07, 6.45) is 2.42. The maximum Gasteiger partial charge on any atom is 0.269 e. The van der Waals surface area contributed by atoms with Crippen molar-refractivity contribution in [1.82, 2.24) is 4.90 Å². The minimum Gasteiger partial charge on any atom is -0.354 e. The Morgan fingerprint density at radius 3 is 2.64 bits per heavy atom. The molecule has 1 aromatic rings. The quantitative estimate of drug-likeness (QED) is 0.635. The number of fused-ring (bicyclic) bond motifs is 1. The third-order valence-corrected chi connectivity index (χ3v) is 4.64. The van der Waals surface area contributed by atoms with Crippen molar-refractivity contribution in [2.45, 2.75) is 44.9 Å². The summed E-state index contributed by atoms with van der Waals surface area (Å²) in [5, 5.41) is 10.7.